The lowest BCUT2D eigenvalue weighted by Gasteiger charge is -2.12. The molecule has 11 aromatic rings. The van der Waals surface area contributed by atoms with Crippen LogP contribution in [-0.2, 0) is 0 Å². The molecule has 4 heterocycles. The molecular formula is C45H26N4O2. The number of aromatic nitrogens is 4. The Balaban J connectivity index is 1.27. The number of hydrogen-bond donors (Lipinski definition) is 0. The number of hydrogen-bond acceptors (Lipinski definition) is 5. The molecule has 6 heteroatoms. The Hall–Kier alpha value is -7.05. The highest BCUT2D eigenvalue weighted by atomic mass is 16.3. The van der Waals surface area contributed by atoms with E-state index in [9.17, 15) is 1.37 Å². The fraction of sp³-hybridized carbons (Fsp3) is 0. The number of benzene rings is 7. The summed E-state index contributed by atoms with van der Waals surface area (Å²) >= 11 is 0. The monoisotopic (exact) mass is 663 g/mol. The highest BCUT2D eigenvalue weighted by molar-refractivity contribution is 6.12. The van der Waals surface area contributed by atoms with Gasteiger partial charge in [0.1, 0.15) is 22.3 Å². The average molecular weight is 664 g/mol. The van der Waals surface area contributed by atoms with E-state index in [2.05, 4.69) is 0 Å². The van der Waals surface area contributed by atoms with Gasteiger partial charge < -0.3 is 8.83 Å². The van der Waals surface area contributed by atoms with Crippen molar-refractivity contribution in [2.24, 2.45) is 0 Å². The first kappa shape index (κ1) is 20.5. The second kappa shape index (κ2) is 10.7. The topological polar surface area (TPSA) is 69.9 Å². The summed E-state index contributed by atoms with van der Waals surface area (Å²) in [6.45, 7) is 0. The van der Waals surface area contributed by atoms with E-state index in [4.69, 9.17) is 34.8 Å². The van der Waals surface area contributed by atoms with Crippen molar-refractivity contribution in [1.29, 1.82) is 0 Å². The maximum Gasteiger partial charge on any atom is 0.238 e. The SMILES string of the molecule is [2H]c1c([2H])c([2H])c(-c2ccc3c4c([2H])c([2H])c([2H])c([2H])c4n(-c4nc(-c5ccc6c(c5)oc5ccccc56)nc(-c5cccc6oc7ccccc7c56)n4)c3c2)c([2H])c1[2H]. The van der Waals surface area contributed by atoms with Crippen LogP contribution in [0.2, 0.25) is 0 Å². The van der Waals surface area contributed by atoms with Crippen molar-refractivity contribution in [2.75, 3.05) is 0 Å². The van der Waals surface area contributed by atoms with Crippen molar-refractivity contribution in [3.05, 3.63) is 158 Å². The van der Waals surface area contributed by atoms with Gasteiger partial charge in [0.05, 0.1) is 23.4 Å². The predicted molar refractivity (Wildman–Crippen MR) is 205 cm³/mol. The minimum atomic E-state index is -0.529. The first-order valence-electron chi connectivity index (χ1n) is 20.7. The van der Waals surface area contributed by atoms with Crippen LogP contribution < -0.4 is 0 Å². The van der Waals surface area contributed by atoms with Crippen LogP contribution in [0.1, 0.15) is 12.3 Å². The van der Waals surface area contributed by atoms with E-state index in [1.807, 2.05) is 84.9 Å². The average Bonchev–Trinajstić information content (AvgIpc) is 3.95. The lowest BCUT2D eigenvalue weighted by atomic mass is 10.0. The van der Waals surface area contributed by atoms with Crippen LogP contribution in [0.4, 0.5) is 0 Å². The van der Waals surface area contributed by atoms with Crippen molar-refractivity contribution in [3.63, 3.8) is 0 Å². The molecule has 4 aromatic heterocycles. The molecular weight excluding hydrogens is 629 g/mol. The Bertz CT molecular complexity index is 3660. The molecule has 11 rings (SSSR count). The van der Waals surface area contributed by atoms with Gasteiger partial charge in [0.2, 0.25) is 5.95 Å². The molecule has 0 fully saturated rings. The first-order valence-corrected chi connectivity index (χ1v) is 16.2. The quantitative estimate of drug-likeness (QED) is 0.187. The summed E-state index contributed by atoms with van der Waals surface area (Å²) in [7, 11) is 0. The molecule has 51 heavy (non-hydrogen) atoms. The lowest BCUT2D eigenvalue weighted by molar-refractivity contribution is 0.668. The minimum absolute atomic E-state index is 0.00717. The van der Waals surface area contributed by atoms with Gasteiger partial charge in [-0.3, -0.25) is 4.57 Å². The van der Waals surface area contributed by atoms with Gasteiger partial charge in [-0.25, -0.2) is 4.98 Å². The predicted octanol–water partition coefficient (Wildman–Crippen LogP) is 11.8. The molecule has 0 N–H and O–H groups in total. The summed E-state index contributed by atoms with van der Waals surface area (Å²) in [5.41, 5.74) is 4.41. The molecule has 238 valence electrons. The van der Waals surface area contributed by atoms with Gasteiger partial charge in [0.25, 0.3) is 0 Å². The zero-order valence-electron chi connectivity index (χ0n) is 35.4. The van der Waals surface area contributed by atoms with E-state index < -0.39 is 42.3 Å². The summed E-state index contributed by atoms with van der Waals surface area (Å²) in [5.74, 6) is 0.488. The minimum Gasteiger partial charge on any atom is -0.456 e. The summed E-state index contributed by atoms with van der Waals surface area (Å²) in [4.78, 5) is 15.1. The normalized spacial score (nSPS) is 14.4. The van der Waals surface area contributed by atoms with Crippen LogP contribution in [-0.4, -0.2) is 19.5 Å². The third-order valence-corrected chi connectivity index (χ3v) is 9.29. The van der Waals surface area contributed by atoms with Gasteiger partial charge in [-0.05, 0) is 53.6 Å². The molecule has 0 saturated carbocycles. The number of rotatable bonds is 4. The first-order chi connectivity index (χ1) is 29.0. The maximum atomic E-state index is 9.23. The number of nitrogens with zero attached hydrogens (tertiary/aromatic N) is 4. The van der Waals surface area contributed by atoms with Crippen LogP contribution in [0.3, 0.4) is 0 Å². The van der Waals surface area contributed by atoms with E-state index >= 15 is 0 Å². The second-order valence-corrected chi connectivity index (χ2v) is 12.2. The van der Waals surface area contributed by atoms with Crippen molar-refractivity contribution < 1.29 is 21.2 Å². The van der Waals surface area contributed by atoms with E-state index in [0.717, 1.165) is 27.1 Å². The van der Waals surface area contributed by atoms with Crippen LogP contribution in [0, 0.1) is 0 Å². The fourth-order valence-electron chi connectivity index (χ4n) is 7.01. The molecule has 0 saturated heterocycles. The third-order valence-electron chi connectivity index (χ3n) is 9.29. The molecule has 0 aliphatic rings. The summed E-state index contributed by atoms with van der Waals surface area (Å²) in [5, 5.41) is 4.05. The van der Waals surface area contributed by atoms with E-state index in [-0.39, 0.29) is 51.7 Å². The highest BCUT2D eigenvalue weighted by Gasteiger charge is 2.21. The van der Waals surface area contributed by atoms with Gasteiger partial charge in [0.15, 0.2) is 11.6 Å². The zero-order valence-corrected chi connectivity index (χ0v) is 26.4. The van der Waals surface area contributed by atoms with Crippen LogP contribution >= 0.6 is 0 Å². The summed E-state index contributed by atoms with van der Waals surface area (Å²) in [6, 6.07) is 27.5. The number of furan rings is 2. The maximum absolute atomic E-state index is 9.23. The molecule has 0 atom stereocenters. The van der Waals surface area contributed by atoms with Gasteiger partial charge in [-0.2, -0.15) is 9.97 Å². The molecule has 0 bridgehead atoms. The molecule has 0 aliphatic carbocycles. The Morgan fingerprint density at radius 3 is 2.04 bits per heavy atom. The second-order valence-electron chi connectivity index (χ2n) is 12.2. The lowest BCUT2D eigenvalue weighted by Crippen LogP contribution is -2.06. The molecule has 0 amide bonds. The molecule has 6 nitrogen and oxygen atoms in total. The van der Waals surface area contributed by atoms with Gasteiger partial charge in [-0.15, -0.1) is 0 Å². The van der Waals surface area contributed by atoms with Gasteiger partial charge in [-0.1, -0.05) is 115 Å². The smallest absolute Gasteiger partial charge is 0.238 e. The zero-order chi connectivity index (χ0) is 41.3. The van der Waals surface area contributed by atoms with Gasteiger partial charge in [0, 0.05) is 43.4 Å². The Kier molecular flexibility index (Phi) is 4.30. The largest absolute Gasteiger partial charge is 0.456 e. The van der Waals surface area contributed by atoms with Gasteiger partial charge >= 0.3 is 0 Å². The fourth-order valence-corrected chi connectivity index (χ4v) is 7.01. The third kappa shape index (κ3) is 4.26. The Labute approximate surface area is 303 Å². The van der Waals surface area contributed by atoms with Crippen LogP contribution in [0.5, 0.6) is 0 Å². The van der Waals surface area contributed by atoms with Crippen LogP contribution in [0.15, 0.2) is 166 Å². The Morgan fingerprint density at radius 1 is 0.451 bits per heavy atom. The highest BCUT2D eigenvalue weighted by Crippen LogP contribution is 2.39. The molecule has 0 aliphatic heterocycles. The molecule has 0 unspecified atom stereocenters. The molecule has 0 radical (unpaired) electrons. The standard InChI is InChI=1S/C45H26N4O2/c1-2-11-27(12-3-1)28-21-23-31-30-13-4-7-17-36(30)49(37(31)25-28)45-47-43(29-22-24-33-32-14-5-8-18-38(32)51-41(33)26-29)46-44(48-45)35-16-10-20-40-42(35)34-15-6-9-19-39(34)50-40/h1-26H/i1D,2D,3D,4D,7D,11D,12D,13D,17D. The van der Waals surface area contributed by atoms with Crippen molar-refractivity contribution in [2.45, 2.75) is 0 Å². The van der Waals surface area contributed by atoms with E-state index in [0.29, 0.717) is 38.8 Å². The van der Waals surface area contributed by atoms with Crippen molar-refractivity contribution in [3.8, 4) is 39.9 Å². The number of para-hydroxylation sites is 3. The van der Waals surface area contributed by atoms with Crippen molar-refractivity contribution >= 4 is 65.7 Å². The summed E-state index contributed by atoms with van der Waals surface area (Å²) < 4.78 is 92.0. The molecule has 7 aromatic carbocycles. The van der Waals surface area contributed by atoms with E-state index in [1.165, 1.54) is 4.57 Å². The number of fused-ring (bicyclic) bond motifs is 9. The molecule has 0 spiro atoms. The van der Waals surface area contributed by atoms with Crippen LogP contribution in [0.25, 0.3) is 106 Å². The summed E-state index contributed by atoms with van der Waals surface area (Å²) in [6.07, 6.45) is 0. The Morgan fingerprint density at radius 2 is 1.14 bits per heavy atom. The van der Waals surface area contributed by atoms with Crippen molar-refractivity contribution in [1.82, 2.24) is 19.5 Å². The van der Waals surface area contributed by atoms with E-state index in [1.54, 1.807) is 18.2 Å².